The Labute approximate surface area is 152 Å². The number of fused-ring (bicyclic) bond motifs is 1. The molecule has 0 saturated heterocycles. The first-order chi connectivity index (χ1) is 12.2. The second kappa shape index (κ2) is 7.95. The number of hydrogen-bond acceptors (Lipinski definition) is 6. The number of ether oxygens (including phenoxy) is 1. The molecule has 0 radical (unpaired) electrons. The van der Waals surface area contributed by atoms with Crippen LogP contribution in [0.1, 0.15) is 36.2 Å². The summed E-state index contributed by atoms with van der Waals surface area (Å²) in [6, 6.07) is 1.56. The number of carbonyl (C=O) groups is 2. The molecule has 2 rings (SSSR count). The lowest BCUT2D eigenvalue weighted by Crippen LogP contribution is -2.36. The Hall–Kier alpha value is -2.28. The number of nitrogens with zero attached hydrogens (tertiary/aromatic N) is 3. The van der Waals surface area contributed by atoms with Crippen molar-refractivity contribution in [3.05, 3.63) is 22.4 Å². The van der Waals surface area contributed by atoms with Crippen LogP contribution in [0.3, 0.4) is 0 Å². The number of esters is 1. The molecule has 0 spiro atoms. The molecule has 2 heterocycles. The minimum atomic E-state index is -4.78. The van der Waals surface area contributed by atoms with Gasteiger partial charge in [-0.05, 0) is 6.92 Å². The number of thioether (sulfide) groups is 1. The summed E-state index contributed by atoms with van der Waals surface area (Å²) in [6.07, 6.45) is -4.63. The average Bonchev–Trinajstić information content (AvgIpc) is 2.57. The molecule has 1 amide bonds. The number of rotatable bonds is 4. The van der Waals surface area contributed by atoms with Crippen molar-refractivity contribution in [2.75, 3.05) is 18.9 Å². The standard InChI is InChI=1S/C16H16F3N3O3S/c1-3-25-13(24)8-26-15-10(6-20)14(16(17,18)19)11-7-22(9(2)23)5-4-12(11)21-15/h3-5,7-8H2,1-2H3. The first-order valence-corrected chi connectivity index (χ1v) is 8.74. The van der Waals surface area contributed by atoms with Crippen LogP contribution in [0, 0.1) is 11.3 Å². The van der Waals surface area contributed by atoms with E-state index in [1.54, 1.807) is 13.0 Å². The van der Waals surface area contributed by atoms with E-state index >= 15 is 0 Å². The van der Waals surface area contributed by atoms with Gasteiger partial charge in [0.2, 0.25) is 5.91 Å². The molecule has 0 aliphatic carbocycles. The Bertz CT molecular complexity index is 775. The van der Waals surface area contributed by atoms with Gasteiger partial charge < -0.3 is 9.64 Å². The van der Waals surface area contributed by atoms with Gasteiger partial charge in [0.1, 0.15) is 11.1 Å². The van der Waals surface area contributed by atoms with Crippen molar-refractivity contribution < 1.29 is 27.5 Å². The summed E-state index contributed by atoms with van der Waals surface area (Å²) in [5, 5.41) is 9.16. The fraction of sp³-hybridized carbons (Fsp3) is 0.500. The normalized spacial score (nSPS) is 13.8. The topological polar surface area (TPSA) is 83.3 Å². The van der Waals surface area contributed by atoms with Crippen molar-refractivity contribution in [3.63, 3.8) is 0 Å². The third-order valence-electron chi connectivity index (χ3n) is 3.79. The molecular formula is C16H16F3N3O3S. The van der Waals surface area contributed by atoms with Crippen LogP contribution < -0.4 is 0 Å². The highest BCUT2D eigenvalue weighted by molar-refractivity contribution is 7.99. The number of amides is 1. The van der Waals surface area contributed by atoms with Gasteiger partial charge in [-0.1, -0.05) is 11.8 Å². The van der Waals surface area contributed by atoms with E-state index in [1.165, 1.54) is 11.8 Å². The molecule has 10 heteroatoms. The number of nitriles is 1. The predicted molar refractivity (Wildman–Crippen MR) is 86.1 cm³/mol. The molecule has 0 saturated carbocycles. The molecule has 0 fully saturated rings. The van der Waals surface area contributed by atoms with Gasteiger partial charge in [0.05, 0.1) is 23.5 Å². The molecule has 1 aromatic rings. The van der Waals surface area contributed by atoms with Crippen molar-refractivity contribution in [1.29, 1.82) is 5.26 Å². The summed E-state index contributed by atoms with van der Waals surface area (Å²) in [6.45, 7) is 3.05. The fourth-order valence-corrected chi connectivity index (χ4v) is 3.46. The van der Waals surface area contributed by atoms with Crippen LogP contribution in [0.15, 0.2) is 5.03 Å². The Morgan fingerprint density at radius 1 is 1.42 bits per heavy atom. The lowest BCUT2D eigenvalue weighted by atomic mass is 9.96. The lowest BCUT2D eigenvalue weighted by Gasteiger charge is -2.30. The SMILES string of the molecule is CCOC(=O)CSc1nc2c(c(C(F)(F)F)c1C#N)CN(C(C)=O)CC2. The Balaban J connectivity index is 2.51. The first-order valence-electron chi connectivity index (χ1n) is 7.76. The number of carbonyl (C=O) groups excluding carboxylic acids is 2. The van der Waals surface area contributed by atoms with Gasteiger partial charge in [0.25, 0.3) is 0 Å². The van der Waals surface area contributed by atoms with E-state index in [2.05, 4.69) is 4.98 Å². The minimum absolute atomic E-state index is 0.149. The maximum absolute atomic E-state index is 13.7. The maximum atomic E-state index is 13.7. The van der Waals surface area contributed by atoms with Gasteiger partial charge >= 0.3 is 12.1 Å². The smallest absolute Gasteiger partial charge is 0.418 e. The third-order valence-corrected chi connectivity index (χ3v) is 4.74. The molecule has 0 N–H and O–H groups in total. The van der Waals surface area contributed by atoms with E-state index in [1.807, 2.05) is 0 Å². The summed E-state index contributed by atoms with van der Waals surface area (Å²) in [7, 11) is 0. The first kappa shape index (κ1) is 20.0. The van der Waals surface area contributed by atoms with E-state index in [-0.39, 0.29) is 54.1 Å². The number of hydrogen-bond donors (Lipinski definition) is 0. The van der Waals surface area contributed by atoms with Crippen LogP contribution in [-0.2, 0) is 33.5 Å². The van der Waals surface area contributed by atoms with Gasteiger partial charge in [-0.2, -0.15) is 18.4 Å². The Morgan fingerprint density at radius 3 is 2.65 bits per heavy atom. The van der Waals surface area contributed by atoms with E-state index in [4.69, 9.17) is 4.74 Å². The molecule has 140 valence electrons. The minimum Gasteiger partial charge on any atom is -0.465 e. The second-order valence-electron chi connectivity index (χ2n) is 5.49. The fourth-order valence-electron chi connectivity index (χ4n) is 2.66. The molecule has 6 nitrogen and oxygen atoms in total. The van der Waals surface area contributed by atoms with Crippen LogP contribution in [0.2, 0.25) is 0 Å². The van der Waals surface area contributed by atoms with E-state index in [0.29, 0.717) is 0 Å². The van der Waals surface area contributed by atoms with Crippen LogP contribution >= 0.6 is 11.8 Å². The van der Waals surface area contributed by atoms with Crippen LogP contribution in [0.25, 0.3) is 0 Å². The zero-order valence-corrected chi connectivity index (χ0v) is 15.0. The van der Waals surface area contributed by atoms with Gasteiger partial charge in [-0.3, -0.25) is 9.59 Å². The van der Waals surface area contributed by atoms with Gasteiger partial charge in [-0.25, -0.2) is 4.98 Å². The van der Waals surface area contributed by atoms with E-state index < -0.39 is 23.3 Å². The zero-order chi connectivity index (χ0) is 19.5. The summed E-state index contributed by atoms with van der Waals surface area (Å²) >= 11 is 0.741. The maximum Gasteiger partial charge on any atom is 0.418 e. The summed E-state index contributed by atoms with van der Waals surface area (Å²) in [5.41, 5.74) is -1.67. The molecular weight excluding hydrogens is 371 g/mol. The monoisotopic (exact) mass is 387 g/mol. The average molecular weight is 387 g/mol. The molecule has 0 unspecified atom stereocenters. The Morgan fingerprint density at radius 2 is 2.12 bits per heavy atom. The highest BCUT2D eigenvalue weighted by Crippen LogP contribution is 2.40. The third kappa shape index (κ3) is 4.27. The number of alkyl halides is 3. The van der Waals surface area contributed by atoms with Gasteiger partial charge in [0.15, 0.2) is 0 Å². The summed E-state index contributed by atoms with van der Waals surface area (Å²) < 4.78 is 45.8. The highest BCUT2D eigenvalue weighted by atomic mass is 32.2. The highest BCUT2D eigenvalue weighted by Gasteiger charge is 2.41. The zero-order valence-electron chi connectivity index (χ0n) is 14.1. The van der Waals surface area contributed by atoms with Crippen molar-refractivity contribution in [2.45, 2.75) is 38.0 Å². The van der Waals surface area contributed by atoms with Crippen LogP contribution in [-0.4, -0.2) is 40.7 Å². The molecule has 1 aromatic heterocycles. The van der Waals surface area contributed by atoms with E-state index in [0.717, 1.165) is 11.8 Å². The number of aromatic nitrogens is 1. The Kier molecular flexibility index (Phi) is 6.13. The molecule has 1 aliphatic heterocycles. The van der Waals surface area contributed by atoms with E-state index in [9.17, 15) is 28.0 Å². The molecule has 0 atom stereocenters. The summed E-state index contributed by atoms with van der Waals surface area (Å²) in [4.78, 5) is 28.5. The lowest BCUT2D eigenvalue weighted by molar-refractivity contribution is -0.140. The number of halogens is 3. The van der Waals surface area contributed by atoms with Crippen molar-refractivity contribution in [2.24, 2.45) is 0 Å². The second-order valence-corrected chi connectivity index (χ2v) is 6.45. The van der Waals surface area contributed by atoms with Crippen LogP contribution in [0.5, 0.6) is 0 Å². The van der Waals surface area contributed by atoms with Crippen molar-refractivity contribution in [3.8, 4) is 6.07 Å². The molecule has 0 aromatic carbocycles. The van der Waals surface area contributed by atoms with Gasteiger partial charge in [-0.15, -0.1) is 0 Å². The predicted octanol–water partition coefficient (Wildman–Crippen LogP) is 2.53. The number of pyridine rings is 1. The summed E-state index contributed by atoms with van der Waals surface area (Å²) in [5.74, 6) is -1.19. The van der Waals surface area contributed by atoms with Crippen molar-refractivity contribution in [1.82, 2.24) is 9.88 Å². The quantitative estimate of drug-likeness (QED) is 0.583. The molecule has 26 heavy (non-hydrogen) atoms. The largest absolute Gasteiger partial charge is 0.465 e. The van der Waals surface area contributed by atoms with Gasteiger partial charge in [0, 0.05) is 37.7 Å². The van der Waals surface area contributed by atoms with Crippen molar-refractivity contribution >= 4 is 23.6 Å². The molecule has 1 aliphatic rings. The van der Waals surface area contributed by atoms with Crippen LogP contribution in [0.4, 0.5) is 13.2 Å². The molecule has 0 bridgehead atoms.